The van der Waals surface area contributed by atoms with Gasteiger partial charge in [-0.2, -0.15) is 0 Å². The van der Waals surface area contributed by atoms with E-state index in [0.29, 0.717) is 12.2 Å². The maximum absolute atomic E-state index is 10.2. The molecule has 1 N–H and O–H groups in total. The third-order valence-electron chi connectivity index (χ3n) is 5.71. The average molecular weight is 266 g/mol. The van der Waals surface area contributed by atoms with E-state index in [2.05, 4.69) is 0 Å². The first-order valence-electron chi connectivity index (χ1n) is 8.66. The summed E-state index contributed by atoms with van der Waals surface area (Å²) in [6, 6.07) is 0. The van der Waals surface area contributed by atoms with E-state index in [4.69, 9.17) is 4.74 Å². The van der Waals surface area contributed by atoms with Gasteiger partial charge in [-0.25, -0.2) is 0 Å². The van der Waals surface area contributed by atoms with Gasteiger partial charge in [0, 0.05) is 0 Å². The van der Waals surface area contributed by atoms with Crippen LogP contribution in [0.25, 0.3) is 0 Å². The van der Waals surface area contributed by atoms with Crippen molar-refractivity contribution in [2.45, 2.75) is 95.4 Å². The highest BCUT2D eigenvalue weighted by atomic mass is 16.5. The molecule has 3 aliphatic rings. The summed E-state index contributed by atoms with van der Waals surface area (Å²) >= 11 is 0. The fourth-order valence-corrected chi connectivity index (χ4v) is 4.59. The van der Waals surface area contributed by atoms with Crippen molar-refractivity contribution in [3.8, 4) is 0 Å². The lowest BCUT2D eigenvalue weighted by Gasteiger charge is -2.42. The first kappa shape index (κ1) is 13.9. The van der Waals surface area contributed by atoms with Gasteiger partial charge in [-0.3, -0.25) is 0 Å². The van der Waals surface area contributed by atoms with Crippen LogP contribution in [0.3, 0.4) is 0 Å². The van der Waals surface area contributed by atoms with Crippen LogP contribution in [0.4, 0.5) is 0 Å². The molecule has 1 saturated heterocycles. The van der Waals surface area contributed by atoms with Crippen LogP contribution < -0.4 is 0 Å². The third-order valence-corrected chi connectivity index (χ3v) is 5.71. The van der Waals surface area contributed by atoms with E-state index >= 15 is 0 Å². The first-order chi connectivity index (χ1) is 9.33. The molecule has 2 saturated carbocycles. The summed E-state index contributed by atoms with van der Waals surface area (Å²) in [7, 11) is 0. The van der Waals surface area contributed by atoms with Gasteiger partial charge in [0.1, 0.15) is 0 Å². The predicted octanol–water partition coefficient (Wildman–Crippen LogP) is 4.06. The monoisotopic (exact) mass is 266 g/mol. The minimum Gasteiger partial charge on any atom is -0.393 e. The van der Waals surface area contributed by atoms with E-state index in [-0.39, 0.29) is 6.10 Å². The Morgan fingerprint density at radius 2 is 1.05 bits per heavy atom. The Morgan fingerprint density at radius 1 is 0.632 bits per heavy atom. The second-order valence-corrected chi connectivity index (χ2v) is 7.13. The summed E-state index contributed by atoms with van der Waals surface area (Å²) in [5, 5.41) is 10.2. The number of hydrogen-bond acceptors (Lipinski definition) is 2. The van der Waals surface area contributed by atoms with Gasteiger partial charge in [0.05, 0.1) is 18.3 Å². The zero-order chi connectivity index (χ0) is 13.1. The molecule has 2 unspecified atom stereocenters. The topological polar surface area (TPSA) is 29.5 Å². The number of ether oxygens (including phenoxy) is 1. The van der Waals surface area contributed by atoms with Crippen LogP contribution in [-0.2, 0) is 4.74 Å². The van der Waals surface area contributed by atoms with Gasteiger partial charge >= 0.3 is 0 Å². The summed E-state index contributed by atoms with van der Waals surface area (Å²) in [6.45, 7) is 0. The summed E-state index contributed by atoms with van der Waals surface area (Å²) < 4.78 is 6.48. The van der Waals surface area contributed by atoms with Gasteiger partial charge in [0.2, 0.25) is 0 Å². The normalized spacial score (nSPS) is 39.3. The molecule has 110 valence electrons. The minimum atomic E-state index is -0.104. The molecule has 0 amide bonds. The standard InChI is InChI=1S/C17H30O2/c18-15-11-16(13-7-3-1-4-8-13)19-17(12-15)14-9-5-2-6-10-14/h13-18H,1-12H2. The summed E-state index contributed by atoms with van der Waals surface area (Å²) in [4.78, 5) is 0. The molecule has 1 heterocycles. The van der Waals surface area contributed by atoms with Crippen molar-refractivity contribution in [3.63, 3.8) is 0 Å². The molecule has 0 radical (unpaired) electrons. The Morgan fingerprint density at radius 3 is 1.47 bits per heavy atom. The molecule has 19 heavy (non-hydrogen) atoms. The number of hydrogen-bond donors (Lipinski definition) is 1. The summed E-state index contributed by atoms with van der Waals surface area (Å²) in [5.41, 5.74) is 0. The van der Waals surface area contributed by atoms with Gasteiger partial charge in [0.15, 0.2) is 0 Å². The van der Waals surface area contributed by atoms with E-state index in [1.54, 1.807) is 0 Å². The number of rotatable bonds is 2. The molecule has 2 nitrogen and oxygen atoms in total. The third kappa shape index (κ3) is 3.52. The van der Waals surface area contributed by atoms with Crippen LogP contribution in [0.5, 0.6) is 0 Å². The Hall–Kier alpha value is -0.0800. The molecule has 0 aromatic rings. The molecule has 0 aromatic carbocycles. The predicted molar refractivity (Wildman–Crippen MR) is 77.1 cm³/mol. The van der Waals surface area contributed by atoms with E-state index in [0.717, 1.165) is 24.7 Å². The quantitative estimate of drug-likeness (QED) is 0.817. The van der Waals surface area contributed by atoms with E-state index in [1.807, 2.05) is 0 Å². The van der Waals surface area contributed by atoms with E-state index in [1.165, 1.54) is 64.2 Å². The number of aliphatic hydroxyl groups is 1. The van der Waals surface area contributed by atoms with Crippen molar-refractivity contribution < 1.29 is 9.84 Å². The molecule has 2 atom stereocenters. The Bertz CT molecular complexity index is 240. The van der Waals surface area contributed by atoms with Gasteiger partial charge in [0.25, 0.3) is 0 Å². The summed E-state index contributed by atoms with van der Waals surface area (Å²) in [6.07, 6.45) is 16.0. The SMILES string of the molecule is OC1CC(C2CCCCC2)OC(C2CCCCC2)C1. The van der Waals surface area contributed by atoms with E-state index < -0.39 is 0 Å². The molecule has 0 spiro atoms. The molecule has 0 bridgehead atoms. The molecular weight excluding hydrogens is 236 g/mol. The van der Waals surface area contributed by atoms with Crippen LogP contribution in [0.2, 0.25) is 0 Å². The lowest BCUT2D eigenvalue weighted by molar-refractivity contribution is -0.144. The molecule has 3 fully saturated rings. The summed E-state index contributed by atoms with van der Waals surface area (Å²) in [5.74, 6) is 1.46. The molecule has 1 aliphatic heterocycles. The fraction of sp³-hybridized carbons (Fsp3) is 1.00. The highest BCUT2D eigenvalue weighted by Gasteiger charge is 2.37. The van der Waals surface area contributed by atoms with Crippen LogP contribution in [0.1, 0.15) is 77.0 Å². The zero-order valence-corrected chi connectivity index (χ0v) is 12.2. The second-order valence-electron chi connectivity index (χ2n) is 7.13. The van der Waals surface area contributed by atoms with Crippen LogP contribution >= 0.6 is 0 Å². The van der Waals surface area contributed by atoms with Gasteiger partial charge in [-0.1, -0.05) is 38.5 Å². The highest BCUT2D eigenvalue weighted by molar-refractivity contribution is 4.87. The smallest absolute Gasteiger partial charge is 0.0631 e. The van der Waals surface area contributed by atoms with Crippen LogP contribution in [0.15, 0.2) is 0 Å². The lowest BCUT2D eigenvalue weighted by atomic mass is 9.78. The maximum Gasteiger partial charge on any atom is 0.0631 e. The van der Waals surface area contributed by atoms with E-state index in [9.17, 15) is 5.11 Å². The average Bonchev–Trinajstić information content (AvgIpc) is 2.48. The molecular formula is C17H30O2. The largest absolute Gasteiger partial charge is 0.393 e. The van der Waals surface area contributed by atoms with Crippen molar-refractivity contribution in [1.82, 2.24) is 0 Å². The second kappa shape index (κ2) is 6.58. The highest BCUT2D eigenvalue weighted by Crippen LogP contribution is 2.38. The van der Waals surface area contributed by atoms with Crippen molar-refractivity contribution in [2.75, 3.05) is 0 Å². The van der Waals surface area contributed by atoms with Crippen molar-refractivity contribution in [3.05, 3.63) is 0 Å². The van der Waals surface area contributed by atoms with Gasteiger partial charge in [-0.15, -0.1) is 0 Å². The van der Waals surface area contributed by atoms with Crippen molar-refractivity contribution in [1.29, 1.82) is 0 Å². The molecule has 2 aliphatic carbocycles. The molecule has 2 heteroatoms. The fourth-order valence-electron chi connectivity index (χ4n) is 4.59. The lowest BCUT2D eigenvalue weighted by Crippen LogP contribution is -2.43. The van der Waals surface area contributed by atoms with Crippen molar-refractivity contribution >= 4 is 0 Å². The van der Waals surface area contributed by atoms with Gasteiger partial charge in [-0.05, 0) is 50.4 Å². The molecule has 0 aromatic heterocycles. The Labute approximate surface area is 117 Å². The Kier molecular flexibility index (Phi) is 4.81. The van der Waals surface area contributed by atoms with Crippen LogP contribution in [-0.4, -0.2) is 23.4 Å². The Balaban J connectivity index is 1.59. The minimum absolute atomic E-state index is 0.104. The number of aliphatic hydroxyl groups excluding tert-OH is 1. The zero-order valence-electron chi connectivity index (χ0n) is 12.2. The molecule has 3 rings (SSSR count). The van der Waals surface area contributed by atoms with Gasteiger partial charge < -0.3 is 9.84 Å². The maximum atomic E-state index is 10.2. The van der Waals surface area contributed by atoms with Crippen molar-refractivity contribution in [2.24, 2.45) is 11.8 Å². The first-order valence-corrected chi connectivity index (χ1v) is 8.66. The van der Waals surface area contributed by atoms with Crippen LogP contribution in [0, 0.1) is 11.8 Å².